The molecule has 4 atom stereocenters. The van der Waals surface area contributed by atoms with Crippen LogP contribution in [0.2, 0.25) is 1.41 Å². The molecular weight excluding hydrogens is 186 g/mol. The van der Waals surface area contributed by atoms with Gasteiger partial charge in [0.2, 0.25) is 0 Å². The van der Waals surface area contributed by atoms with Crippen LogP contribution < -0.4 is 5.31 Å². The summed E-state index contributed by atoms with van der Waals surface area (Å²) >= 11 is 0. The van der Waals surface area contributed by atoms with Crippen molar-refractivity contribution in [3.8, 4) is 0 Å². The first-order chi connectivity index (χ1) is 5.57. The predicted molar refractivity (Wildman–Crippen MR) is 44.1 cm³/mol. The first kappa shape index (κ1) is 10.2. The van der Waals surface area contributed by atoms with E-state index < -0.39 is 31.0 Å². The van der Waals surface area contributed by atoms with Gasteiger partial charge in [-0.05, 0) is 0 Å². The molecule has 0 bridgehead atoms. The number of hydrogen-bond acceptors (Lipinski definition) is 5. The minimum absolute atomic E-state index is 0. The third-order valence-corrected chi connectivity index (χ3v) is 1.83. The predicted octanol–water partition coefficient (Wildman–Crippen LogP) is -2.55. The van der Waals surface area contributed by atoms with Gasteiger partial charge in [0.1, 0.15) is 1.41 Å². The van der Waals surface area contributed by atoms with E-state index in [1.54, 1.807) is 0 Å². The van der Waals surface area contributed by atoms with Gasteiger partial charge in [0.15, 0.2) is 0 Å². The first-order valence-corrected chi connectivity index (χ1v) is 3.48. The van der Waals surface area contributed by atoms with E-state index in [0.29, 0.717) is 0 Å². The Balaban J connectivity index is 0.00000144. The minimum atomic E-state index is -1.19. The fourth-order valence-corrected chi connectivity index (χ4v) is 1.13. The maximum absolute atomic E-state index is 9.25. The monoisotopic (exact) mass is 200 g/mol. The summed E-state index contributed by atoms with van der Waals surface area (Å²) in [5.41, 5.74) is 0. The number of β-amino-alcohol motifs (C(OH)–C–C–N with tert-alkyl or cyclic N) is 1. The van der Waals surface area contributed by atoms with Gasteiger partial charge < -0.3 is 25.7 Å². The van der Waals surface area contributed by atoms with Crippen LogP contribution in [0, 0.1) is 0 Å². The minimum Gasteiger partial charge on any atom is -0.394 e. The van der Waals surface area contributed by atoms with Crippen molar-refractivity contribution in [1.29, 1.82) is 0 Å². The van der Waals surface area contributed by atoms with Gasteiger partial charge in [0.05, 0.1) is 31.0 Å². The van der Waals surface area contributed by atoms with Crippen LogP contribution in [0.4, 0.5) is 0 Å². The van der Waals surface area contributed by atoms with E-state index in [9.17, 15) is 5.11 Å². The Morgan fingerprint density at radius 1 is 1.58 bits per heavy atom. The molecule has 0 aliphatic carbocycles. The molecule has 0 unspecified atom stereocenters. The van der Waals surface area contributed by atoms with Gasteiger partial charge in [-0.15, -0.1) is 12.4 Å². The number of halogens is 1. The lowest BCUT2D eigenvalue weighted by Gasteiger charge is -2.19. The van der Waals surface area contributed by atoms with Crippen LogP contribution in [0.1, 0.15) is 0 Å². The van der Waals surface area contributed by atoms with E-state index in [1.165, 1.54) is 0 Å². The topological polar surface area (TPSA) is 93.0 Å². The molecule has 1 aliphatic rings. The number of rotatable bonds is 2. The molecule has 1 aliphatic heterocycles. The van der Waals surface area contributed by atoms with Gasteiger partial charge in [-0.2, -0.15) is 0 Å². The van der Waals surface area contributed by atoms with Crippen LogP contribution in [0.25, 0.3) is 0 Å². The second kappa shape index (κ2) is 4.96. The zero-order valence-electron chi connectivity index (χ0n) is 7.37. The highest BCUT2D eigenvalue weighted by atomic mass is 35.5. The quantitative estimate of drug-likeness (QED) is 0.339. The van der Waals surface area contributed by atoms with Crippen molar-refractivity contribution >= 4 is 12.4 Å². The van der Waals surface area contributed by atoms with Gasteiger partial charge in [-0.25, -0.2) is 0 Å². The Morgan fingerprint density at radius 3 is 2.50 bits per heavy atom. The maximum Gasteiger partial charge on any atom is 0.123 e. The van der Waals surface area contributed by atoms with Crippen molar-refractivity contribution in [2.75, 3.05) is 13.2 Å². The summed E-state index contributed by atoms with van der Waals surface area (Å²) in [6.07, 6.45) is -3.37. The Kier molecular flexibility index (Phi) is 4.20. The summed E-state index contributed by atoms with van der Waals surface area (Å²) < 4.78 is 7.23. The van der Waals surface area contributed by atoms with Crippen molar-refractivity contribution in [2.45, 2.75) is 24.4 Å². The molecule has 0 radical (unpaired) electrons. The Morgan fingerprint density at radius 2 is 2.17 bits per heavy atom. The van der Waals surface area contributed by atoms with Crippen LogP contribution in [0.5, 0.6) is 0 Å². The lowest BCUT2D eigenvalue weighted by molar-refractivity contribution is -0.00977. The van der Waals surface area contributed by atoms with E-state index in [4.69, 9.17) is 16.7 Å². The molecule has 1 heterocycles. The van der Waals surface area contributed by atoms with Crippen LogP contribution in [-0.4, -0.2) is 57.9 Å². The standard InChI is InChI=1S/C6H13NO4.ClH/c8-2-4(10)5-6(11)3(9)1-7-5;/h3-11H,1-2H2;1H/t3-,4-,5-,6-;/m1./s1/i/hD. The molecule has 6 heteroatoms. The molecule has 1 fully saturated rings. The molecule has 0 spiro atoms. The SMILES string of the molecule is Cl.[2H]N1C[C@@H](O)[C@@H](O)[C@H]1[C@H](O)CO. The fourth-order valence-electron chi connectivity index (χ4n) is 1.13. The molecule has 0 amide bonds. The molecule has 5 nitrogen and oxygen atoms in total. The number of nitrogens with one attached hydrogen (secondary N) is 1. The van der Waals surface area contributed by atoms with Crippen molar-refractivity contribution in [3.63, 3.8) is 0 Å². The molecule has 1 rings (SSSR count). The highest BCUT2D eigenvalue weighted by molar-refractivity contribution is 5.85. The second-order valence-electron chi connectivity index (χ2n) is 2.66. The van der Waals surface area contributed by atoms with Crippen LogP contribution in [0.15, 0.2) is 0 Å². The van der Waals surface area contributed by atoms with E-state index in [1.807, 2.05) is 0 Å². The van der Waals surface area contributed by atoms with E-state index in [-0.39, 0.29) is 19.0 Å². The molecule has 5 N–H and O–H groups in total. The maximum atomic E-state index is 9.25. The van der Waals surface area contributed by atoms with Crippen molar-refractivity contribution in [3.05, 3.63) is 0 Å². The largest absolute Gasteiger partial charge is 0.394 e. The molecule has 0 aromatic heterocycles. The molecule has 0 aromatic carbocycles. The summed E-state index contributed by atoms with van der Waals surface area (Å²) in [6.45, 7) is -0.535. The van der Waals surface area contributed by atoms with E-state index in [2.05, 4.69) is 0 Å². The molecule has 1 saturated heterocycles. The summed E-state index contributed by atoms with van der Waals surface area (Å²) in [7, 11) is 0. The van der Waals surface area contributed by atoms with E-state index in [0.717, 1.165) is 5.31 Å². The number of aliphatic hydroxyl groups excluding tert-OH is 4. The Hall–Kier alpha value is 0.0900. The van der Waals surface area contributed by atoms with Crippen molar-refractivity contribution in [2.24, 2.45) is 0 Å². The third kappa shape index (κ3) is 2.29. The van der Waals surface area contributed by atoms with Gasteiger partial charge in [-0.1, -0.05) is 0 Å². The number of aliphatic hydroxyl groups is 4. The van der Waals surface area contributed by atoms with Crippen molar-refractivity contribution < 1.29 is 21.8 Å². The summed E-state index contributed by atoms with van der Waals surface area (Å²) in [6, 6.07) is -0.898. The summed E-state index contributed by atoms with van der Waals surface area (Å²) in [5.74, 6) is 0. The molecular formula is C6H14ClNO4. The Labute approximate surface area is 77.9 Å². The van der Waals surface area contributed by atoms with Gasteiger partial charge in [0.25, 0.3) is 0 Å². The normalized spacial score (nSPS) is 40.3. The van der Waals surface area contributed by atoms with Gasteiger partial charge >= 0.3 is 0 Å². The third-order valence-electron chi connectivity index (χ3n) is 1.83. The average Bonchev–Trinajstić information content (AvgIpc) is 2.26. The Bertz CT molecular complexity index is 160. The highest BCUT2D eigenvalue weighted by Crippen LogP contribution is 2.10. The lowest BCUT2D eigenvalue weighted by atomic mass is 10.1. The molecule has 12 heavy (non-hydrogen) atoms. The van der Waals surface area contributed by atoms with E-state index >= 15 is 0 Å². The van der Waals surface area contributed by atoms with Gasteiger partial charge in [-0.3, -0.25) is 0 Å². The molecule has 74 valence electrons. The zero-order valence-corrected chi connectivity index (χ0v) is 7.18. The zero-order chi connectivity index (χ0) is 9.30. The van der Waals surface area contributed by atoms with Gasteiger partial charge in [0, 0.05) is 6.54 Å². The average molecular weight is 201 g/mol. The van der Waals surface area contributed by atoms with Crippen LogP contribution >= 0.6 is 12.4 Å². The van der Waals surface area contributed by atoms with Crippen LogP contribution in [0.3, 0.4) is 0 Å². The van der Waals surface area contributed by atoms with Crippen LogP contribution in [-0.2, 0) is 0 Å². The first-order valence-electron chi connectivity index (χ1n) is 3.93. The molecule has 0 aromatic rings. The number of hydrogen-bond donors (Lipinski definition) is 5. The second-order valence-corrected chi connectivity index (χ2v) is 2.66. The smallest absolute Gasteiger partial charge is 0.123 e. The summed E-state index contributed by atoms with van der Waals surface area (Å²) in [5, 5.41) is 36.9. The fraction of sp³-hybridized carbons (Fsp3) is 1.00. The summed E-state index contributed by atoms with van der Waals surface area (Å²) in [4.78, 5) is 0. The van der Waals surface area contributed by atoms with Crippen molar-refractivity contribution in [1.82, 2.24) is 5.31 Å². The lowest BCUT2D eigenvalue weighted by Crippen LogP contribution is -2.44. The molecule has 0 saturated carbocycles. The highest BCUT2D eigenvalue weighted by Gasteiger charge is 2.36.